The molecule has 1 fully saturated rings. The molecule has 1 atom stereocenters. The summed E-state index contributed by atoms with van der Waals surface area (Å²) < 4.78 is 4.25. The molecule has 1 heterocycles. The molecule has 22 heavy (non-hydrogen) atoms. The summed E-state index contributed by atoms with van der Waals surface area (Å²) in [5.74, 6) is -0.894. The molecule has 0 aliphatic carbocycles. The fourth-order valence-corrected chi connectivity index (χ4v) is 1.84. The van der Waals surface area contributed by atoms with E-state index in [1.807, 2.05) is 6.92 Å². The molecule has 1 aliphatic heterocycles. The predicted octanol–water partition coefficient (Wildman–Crippen LogP) is 0.406. The van der Waals surface area contributed by atoms with Crippen molar-refractivity contribution in [1.82, 2.24) is 4.90 Å². The maximum Gasteiger partial charge on any atom is 0.451 e. The van der Waals surface area contributed by atoms with Crippen molar-refractivity contribution in [3.05, 3.63) is 0 Å². The Bertz CT molecular complexity index is 251. The van der Waals surface area contributed by atoms with E-state index >= 15 is 0 Å². The molecule has 0 bridgehead atoms. The van der Waals surface area contributed by atoms with Crippen molar-refractivity contribution in [3.63, 3.8) is 0 Å². The van der Waals surface area contributed by atoms with Crippen molar-refractivity contribution in [3.8, 4) is 0 Å². The monoisotopic (exact) mass is 320 g/mol. The Morgan fingerprint density at radius 2 is 1.82 bits per heavy atom. The summed E-state index contributed by atoms with van der Waals surface area (Å²) in [7, 11) is 2.15. The van der Waals surface area contributed by atoms with Gasteiger partial charge in [-0.05, 0) is 38.7 Å². The highest BCUT2D eigenvalue weighted by atomic mass is 16.4. The van der Waals surface area contributed by atoms with Gasteiger partial charge in [-0.1, -0.05) is 19.8 Å². The van der Waals surface area contributed by atoms with Crippen LogP contribution in [0.1, 0.15) is 39.0 Å². The van der Waals surface area contributed by atoms with Crippen LogP contribution >= 0.6 is 0 Å². The molecular weight excluding hydrogens is 287 g/mol. The summed E-state index contributed by atoms with van der Waals surface area (Å²) in [6.07, 6.45) is 5.48. The first-order valence-electron chi connectivity index (χ1n) is 7.85. The first kappa shape index (κ1) is 23.6. The maximum atomic E-state index is 10.4. The summed E-state index contributed by atoms with van der Waals surface area (Å²) in [6, 6.07) is -0.689. The van der Waals surface area contributed by atoms with Gasteiger partial charge in [-0.15, -0.1) is 0 Å². The maximum absolute atomic E-state index is 10.4. The predicted molar refractivity (Wildman–Crippen MR) is 88.7 cm³/mol. The number of carboxylic acids is 1. The first-order chi connectivity index (χ1) is 10.4. The lowest BCUT2D eigenvalue weighted by Crippen LogP contribution is -2.34. The van der Waals surface area contributed by atoms with Gasteiger partial charge in [-0.25, -0.2) is 0 Å². The average Bonchev–Trinajstić information content (AvgIpc) is 2.97. The third kappa shape index (κ3) is 17.4. The van der Waals surface area contributed by atoms with E-state index in [2.05, 4.69) is 9.64 Å². The zero-order chi connectivity index (χ0) is 17.4. The van der Waals surface area contributed by atoms with E-state index in [4.69, 9.17) is 20.9 Å². The summed E-state index contributed by atoms with van der Waals surface area (Å²) in [5.41, 5.74) is 5.37. The molecule has 0 spiro atoms. The van der Waals surface area contributed by atoms with Crippen LogP contribution in [0.4, 0.5) is 0 Å². The van der Waals surface area contributed by atoms with E-state index in [0.29, 0.717) is 12.7 Å². The minimum atomic E-state index is -1.10. The third-order valence-electron chi connectivity index (χ3n) is 3.09. The Labute approximate surface area is 134 Å². The van der Waals surface area contributed by atoms with Crippen LogP contribution in [0.2, 0.25) is 6.32 Å². The SMILES string of the molecule is CCCCB(O)O.COC.N[C@H](CCN1CCCC1)C(=O)O. The molecule has 0 amide bonds. The van der Waals surface area contributed by atoms with Crippen molar-refractivity contribution in [2.24, 2.45) is 5.73 Å². The summed E-state index contributed by atoms with van der Waals surface area (Å²) in [4.78, 5) is 12.6. The number of nitrogens with zero attached hydrogens (tertiary/aromatic N) is 1. The molecule has 8 heteroatoms. The number of aliphatic carboxylic acids is 1. The van der Waals surface area contributed by atoms with Gasteiger partial charge in [-0.3, -0.25) is 4.79 Å². The number of carboxylic acid groups (broad SMARTS) is 1. The van der Waals surface area contributed by atoms with Gasteiger partial charge in [0.05, 0.1) is 0 Å². The van der Waals surface area contributed by atoms with Crippen molar-refractivity contribution in [1.29, 1.82) is 0 Å². The number of ether oxygens (including phenoxy) is 1. The molecule has 7 nitrogen and oxygen atoms in total. The van der Waals surface area contributed by atoms with Crippen molar-refractivity contribution >= 4 is 13.1 Å². The van der Waals surface area contributed by atoms with Crippen molar-refractivity contribution < 1.29 is 24.7 Å². The van der Waals surface area contributed by atoms with E-state index in [1.165, 1.54) is 12.8 Å². The van der Waals surface area contributed by atoms with E-state index in [-0.39, 0.29) is 0 Å². The molecule has 0 saturated carbocycles. The molecule has 1 aliphatic rings. The lowest BCUT2D eigenvalue weighted by atomic mass is 9.84. The Hall–Kier alpha value is -0.665. The van der Waals surface area contributed by atoms with Gasteiger partial charge < -0.3 is 30.5 Å². The van der Waals surface area contributed by atoms with Crippen LogP contribution < -0.4 is 5.73 Å². The second-order valence-electron chi connectivity index (χ2n) is 5.31. The fourth-order valence-electron chi connectivity index (χ4n) is 1.84. The van der Waals surface area contributed by atoms with Gasteiger partial charge in [0.2, 0.25) is 0 Å². The minimum absolute atomic E-state index is 0.510. The largest absolute Gasteiger partial charge is 0.480 e. The quantitative estimate of drug-likeness (QED) is 0.502. The van der Waals surface area contributed by atoms with Gasteiger partial charge >= 0.3 is 13.1 Å². The highest BCUT2D eigenvalue weighted by Crippen LogP contribution is 2.07. The molecular formula is C14H33BN2O5. The van der Waals surface area contributed by atoms with E-state index in [9.17, 15) is 4.79 Å². The number of nitrogens with two attached hydrogens (primary N) is 1. The standard InChI is InChI=1S/C8H16N2O2.C4H11BO2.C2H6O/c9-7(8(11)12)3-6-10-4-1-2-5-10;1-2-3-4-5(6)7;1-3-2/h7H,1-6,9H2,(H,11,12);6-7H,2-4H2,1H3;1-2H3/t7-;;/m1../s1. The summed E-state index contributed by atoms with van der Waals surface area (Å²) in [6.45, 7) is 5.05. The highest BCUT2D eigenvalue weighted by Gasteiger charge is 2.15. The second-order valence-corrected chi connectivity index (χ2v) is 5.31. The van der Waals surface area contributed by atoms with E-state index < -0.39 is 19.1 Å². The van der Waals surface area contributed by atoms with Crippen LogP contribution in [0.3, 0.4) is 0 Å². The lowest BCUT2D eigenvalue weighted by molar-refractivity contribution is -0.138. The molecule has 1 rings (SSSR count). The minimum Gasteiger partial charge on any atom is -0.480 e. The van der Waals surface area contributed by atoms with Crippen LogP contribution in [-0.4, -0.2) is 73.0 Å². The number of carbonyl (C=O) groups is 1. The molecule has 0 aromatic rings. The molecule has 5 N–H and O–H groups in total. The van der Waals surface area contributed by atoms with E-state index in [1.54, 1.807) is 14.2 Å². The van der Waals surface area contributed by atoms with Gasteiger partial charge in [-0.2, -0.15) is 0 Å². The fraction of sp³-hybridized carbons (Fsp3) is 0.929. The summed E-state index contributed by atoms with van der Waals surface area (Å²) >= 11 is 0. The zero-order valence-corrected chi connectivity index (χ0v) is 14.2. The van der Waals surface area contributed by atoms with Gasteiger partial charge in [0, 0.05) is 20.8 Å². The van der Waals surface area contributed by atoms with Gasteiger partial charge in [0.25, 0.3) is 0 Å². The van der Waals surface area contributed by atoms with Crippen LogP contribution in [-0.2, 0) is 9.53 Å². The lowest BCUT2D eigenvalue weighted by Gasteiger charge is -2.15. The Balaban J connectivity index is 0. The topological polar surface area (TPSA) is 116 Å². The first-order valence-corrected chi connectivity index (χ1v) is 7.85. The molecule has 0 aromatic heterocycles. The highest BCUT2D eigenvalue weighted by molar-refractivity contribution is 6.40. The number of hydrogen-bond acceptors (Lipinski definition) is 6. The molecule has 0 unspecified atom stereocenters. The van der Waals surface area contributed by atoms with E-state index in [0.717, 1.165) is 32.5 Å². The van der Waals surface area contributed by atoms with Crippen molar-refractivity contribution in [2.45, 2.75) is 51.4 Å². The molecule has 132 valence electrons. The number of methoxy groups -OCH3 is 1. The Morgan fingerprint density at radius 1 is 1.32 bits per heavy atom. The Morgan fingerprint density at radius 3 is 2.14 bits per heavy atom. The number of likely N-dealkylation sites (tertiary alicyclic amines) is 1. The molecule has 1 saturated heterocycles. The van der Waals surface area contributed by atoms with Crippen LogP contribution in [0.5, 0.6) is 0 Å². The zero-order valence-electron chi connectivity index (χ0n) is 14.2. The van der Waals surface area contributed by atoms with Crippen molar-refractivity contribution in [2.75, 3.05) is 33.9 Å². The normalized spacial score (nSPS) is 15.2. The van der Waals surface area contributed by atoms with Crippen LogP contribution in [0.25, 0.3) is 0 Å². The number of rotatable bonds is 7. The number of unbranched alkanes of at least 4 members (excludes halogenated alkanes) is 1. The number of hydrogen-bond donors (Lipinski definition) is 4. The molecule has 0 radical (unpaired) electrons. The average molecular weight is 320 g/mol. The second kappa shape index (κ2) is 16.7. The smallest absolute Gasteiger partial charge is 0.451 e. The van der Waals surface area contributed by atoms with Crippen LogP contribution in [0.15, 0.2) is 0 Å². The van der Waals surface area contributed by atoms with Gasteiger partial charge in [0.15, 0.2) is 0 Å². The summed E-state index contributed by atoms with van der Waals surface area (Å²) in [5, 5.41) is 25.0. The third-order valence-corrected chi connectivity index (χ3v) is 3.09. The van der Waals surface area contributed by atoms with Gasteiger partial charge in [0.1, 0.15) is 6.04 Å². The molecule has 0 aromatic carbocycles. The Kier molecular flexibility index (Phi) is 17.9. The van der Waals surface area contributed by atoms with Crippen LogP contribution in [0, 0.1) is 0 Å².